The molecule has 2 heterocycles. The predicted molar refractivity (Wildman–Crippen MR) is 85.4 cm³/mol. The van der Waals surface area contributed by atoms with Gasteiger partial charge in [-0.25, -0.2) is 4.98 Å². The van der Waals surface area contributed by atoms with Crippen molar-refractivity contribution in [2.24, 2.45) is 0 Å². The van der Waals surface area contributed by atoms with Crippen molar-refractivity contribution in [3.8, 4) is 6.07 Å². The number of aromatic nitrogens is 1. The van der Waals surface area contributed by atoms with E-state index in [4.69, 9.17) is 0 Å². The summed E-state index contributed by atoms with van der Waals surface area (Å²) in [5.74, 6) is 0. The molecular formula is C14H13BrN4S. The Balaban J connectivity index is 1.76. The highest BCUT2D eigenvalue weighted by molar-refractivity contribution is 9.10. The van der Waals surface area contributed by atoms with E-state index in [2.05, 4.69) is 36.8 Å². The molecule has 1 aromatic carbocycles. The maximum atomic E-state index is 9.31. The van der Waals surface area contributed by atoms with Crippen LogP contribution in [0.4, 0.5) is 10.8 Å². The van der Waals surface area contributed by atoms with E-state index < -0.39 is 0 Å². The van der Waals surface area contributed by atoms with E-state index in [1.165, 1.54) is 0 Å². The normalized spacial score (nSPS) is 15.2. The summed E-state index contributed by atoms with van der Waals surface area (Å²) in [6, 6.07) is 8.19. The van der Waals surface area contributed by atoms with Crippen molar-refractivity contribution in [2.75, 3.05) is 36.0 Å². The number of hydrogen-bond acceptors (Lipinski definition) is 5. The van der Waals surface area contributed by atoms with Gasteiger partial charge in [0, 0.05) is 42.2 Å². The van der Waals surface area contributed by atoms with Crippen molar-refractivity contribution >= 4 is 38.1 Å². The molecule has 1 aliphatic rings. The maximum Gasteiger partial charge on any atom is 0.185 e. The zero-order chi connectivity index (χ0) is 13.9. The molecule has 1 saturated heterocycles. The molecule has 1 fully saturated rings. The van der Waals surface area contributed by atoms with Crippen LogP contribution in [0.2, 0.25) is 0 Å². The lowest BCUT2D eigenvalue weighted by atomic mass is 10.1. The molecule has 1 aliphatic heterocycles. The van der Waals surface area contributed by atoms with Gasteiger partial charge in [0.05, 0.1) is 11.3 Å². The number of nitrogens with zero attached hydrogens (tertiary/aromatic N) is 4. The Bertz CT molecular complexity index is 627. The number of benzene rings is 1. The van der Waals surface area contributed by atoms with E-state index >= 15 is 0 Å². The van der Waals surface area contributed by atoms with Gasteiger partial charge in [-0.3, -0.25) is 0 Å². The van der Waals surface area contributed by atoms with Crippen molar-refractivity contribution in [1.29, 1.82) is 5.26 Å². The van der Waals surface area contributed by atoms with Gasteiger partial charge in [-0.15, -0.1) is 11.3 Å². The molecule has 0 radical (unpaired) electrons. The summed E-state index contributed by atoms with van der Waals surface area (Å²) in [5, 5.41) is 12.4. The maximum absolute atomic E-state index is 9.31. The summed E-state index contributed by atoms with van der Waals surface area (Å²) in [5.41, 5.74) is 1.73. The Kier molecular flexibility index (Phi) is 3.90. The van der Waals surface area contributed by atoms with Gasteiger partial charge in [-0.05, 0) is 28.1 Å². The molecule has 0 aliphatic carbocycles. The quantitative estimate of drug-likeness (QED) is 0.836. The lowest BCUT2D eigenvalue weighted by molar-refractivity contribution is 0.651. The number of piperazine rings is 1. The van der Waals surface area contributed by atoms with Crippen molar-refractivity contribution in [3.63, 3.8) is 0 Å². The first-order valence-corrected chi connectivity index (χ1v) is 8.05. The third-order valence-corrected chi connectivity index (χ3v) is 4.91. The van der Waals surface area contributed by atoms with E-state index in [9.17, 15) is 5.26 Å². The van der Waals surface area contributed by atoms with Gasteiger partial charge < -0.3 is 9.80 Å². The van der Waals surface area contributed by atoms with Gasteiger partial charge in [0.1, 0.15) is 6.07 Å². The zero-order valence-corrected chi connectivity index (χ0v) is 13.2. The molecule has 0 saturated carbocycles. The van der Waals surface area contributed by atoms with Gasteiger partial charge in [0.2, 0.25) is 0 Å². The number of halogens is 1. The predicted octanol–water partition coefficient (Wildman–Crippen LogP) is 3.10. The third-order valence-electron chi connectivity index (χ3n) is 3.41. The van der Waals surface area contributed by atoms with Crippen molar-refractivity contribution in [1.82, 2.24) is 4.98 Å². The number of anilines is 2. The van der Waals surface area contributed by atoms with E-state index in [-0.39, 0.29) is 0 Å². The van der Waals surface area contributed by atoms with Crippen LogP contribution in [0.15, 0.2) is 34.2 Å². The molecule has 20 heavy (non-hydrogen) atoms. The largest absolute Gasteiger partial charge is 0.367 e. The Morgan fingerprint density at radius 3 is 2.60 bits per heavy atom. The van der Waals surface area contributed by atoms with Gasteiger partial charge in [-0.2, -0.15) is 5.26 Å². The smallest absolute Gasteiger partial charge is 0.185 e. The van der Waals surface area contributed by atoms with E-state index in [1.54, 1.807) is 11.3 Å². The van der Waals surface area contributed by atoms with Crippen LogP contribution in [0.25, 0.3) is 0 Å². The highest BCUT2D eigenvalue weighted by atomic mass is 79.9. The van der Waals surface area contributed by atoms with Gasteiger partial charge in [0.15, 0.2) is 5.13 Å². The number of rotatable bonds is 2. The van der Waals surface area contributed by atoms with Crippen LogP contribution in [0.1, 0.15) is 5.56 Å². The fraction of sp³-hybridized carbons (Fsp3) is 0.286. The molecule has 0 amide bonds. The lowest BCUT2D eigenvalue weighted by Crippen LogP contribution is -2.46. The Morgan fingerprint density at radius 1 is 1.20 bits per heavy atom. The molecule has 6 heteroatoms. The van der Waals surface area contributed by atoms with Gasteiger partial charge in [0.25, 0.3) is 0 Å². The van der Waals surface area contributed by atoms with Crippen molar-refractivity contribution in [3.05, 3.63) is 39.8 Å². The molecule has 0 atom stereocenters. The molecule has 3 rings (SSSR count). The van der Waals surface area contributed by atoms with Crippen LogP contribution in [0, 0.1) is 11.3 Å². The molecule has 1 aromatic heterocycles. The minimum Gasteiger partial charge on any atom is -0.367 e. The first kappa shape index (κ1) is 13.4. The van der Waals surface area contributed by atoms with E-state index in [1.807, 2.05) is 29.8 Å². The van der Waals surface area contributed by atoms with Crippen LogP contribution in [-0.2, 0) is 0 Å². The number of hydrogen-bond donors (Lipinski definition) is 0. The summed E-state index contributed by atoms with van der Waals surface area (Å²) in [6.07, 6.45) is 1.84. The average molecular weight is 349 g/mol. The monoisotopic (exact) mass is 348 g/mol. The second kappa shape index (κ2) is 5.81. The van der Waals surface area contributed by atoms with E-state index in [0.717, 1.165) is 47.0 Å². The average Bonchev–Trinajstić information content (AvgIpc) is 3.01. The molecular weight excluding hydrogens is 336 g/mol. The minimum atomic E-state index is 0.718. The second-order valence-corrected chi connectivity index (χ2v) is 6.26. The van der Waals surface area contributed by atoms with Crippen LogP contribution in [0.5, 0.6) is 0 Å². The zero-order valence-electron chi connectivity index (χ0n) is 10.8. The Hall–Kier alpha value is -1.58. The molecule has 0 N–H and O–H groups in total. The third kappa shape index (κ3) is 2.51. The number of thiazole rings is 1. The SMILES string of the molecule is N#Cc1c(Br)cccc1N1CCN(c2nccs2)CC1. The molecule has 0 bridgehead atoms. The summed E-state index contributed by atoms with van der Waals surface area (Å²) in [4.78, 5) is 8.92. The summed E-state index contributed by atoms with van der Waals surface area (Å²) >= 11 is 5.12. The molecule has 0 unspecified atom stereocenters. The first-order chi connectivity index (χ1) is 9.79. The standard InChI is InChI=1S/C14H13BrN4S/c15-12-2-1-3-13(11(12)10-16)18-5-7-19(8-6-18)14-17-4-9-20-14/h1-4,9H,5-8H2. The highest BCUT2D eigenvalue weighted by Crippen LogP contribution is 2.28. The fourth-order valence-corrected chi connectivity index (χ4v) is 3.54. The fourth-order valence-electron chi connectivity index (χ4n) is 2.40. The van der Waals surface area contributed by atoms with Crippen molar-refractivity contribution < 1.29 is 0 Å². The lowest BCUT2D eigenvalue weighted by Gasteiger charge is -2.36. The summed E-state index contributed by atoms with van der Waals surface area (Å²) in [7, 11) is 0. The minimum absolute atomic E-state index is 0.718. The first-order valence-electron chi connectivity index (χ1n) is 6.37. The molecule has 0 spiro atoms. The topological polar surface area (TPSA) is 43.2 Å². The highest BCUT2D eigenvalue weighted by Gasteiger charge is 2.21. The van der Waals surface area contributed by atoms with Crippen LogP contribution < -0.4 is 9.80 Å². The number of nitriles is 1. The molecule has 102 valence electrons. The van der Waals surface area contributed by atoms with Crippen LogP contribution >= 0.6 is 27.3 Å². The molecule has 4 nitrogen and oxygen atoms in total. The van der Waals surface area contributed by atoms with E-state index in [0.29, 0.717) is 0 Å². The van der Waals surface area contributed by atoms with Gasteiger partial charge >= 0.3 is 0 Å². The Morgan fingerprint density at radius 2 is 1.95 bits per heavy atom. The van der Waals surface area contributed by atoms with Crippen LogP contribution in [0.3, 0.4) is 0 Å². The molecule has 2 aromatic rings. The summed E-state index contributed by atoms with van der Waals surface area (Å²) < 4.78 is 0.861. The Labute approximate surface area is 130 Å². The second-order valence-electron chi connectivity index (χ2n) is 4.53. The summed E-state index contributed by atoms with van der Waals surface area (Å²) in [6.45, 7) is 3.69. The van der Waals surface area contributed by atoms with Crippen molar-refractivity contribution in [2.45, 2.75) is 0 Å². The van der Waals surface area contributed by atoms with Crippen LogP contribution in [-0.4, -0.2) is 31.2 Å². The van der Waals surface area contributed by atoms with Gasteiger partial charge in [-0.1, -0.05) is 6.07 Å².